The summed E-state index contributed by atoms with van der Waals surface area (Å²) in [5, 5.41) is 0. The van der Waals surface area contributed by atoms with Gasteiger partial charge in [-0.2, -0.15) is 0 Å². The summed E-state index contributed by atoms with van der Waals surface area (Å²) in [6.45, 7) is 1.17. The van der Waals surface area contributed by atoms with Gasteiger partial charge in [-0.15, -0.1) is 0 Å². The lowest BCUT2D eigenvalue weighted by molar-refractivity contribution is -0.153. The van der Waals surface area contributed by atoms with E-state index in [2.05, 4.69) is 4.74 Å². The molecule has 1 aliphatic rings. The minimum absolute atomic E-state index is 0.155. The van der Waals surface area contributed by atoms with Crippen molar-refractivity contribution in [2.45, 2.75) is 12.5 Å². The predicted molar refractivity (Wildman–Crippen MR) is 41.7 cm³/mol. The number of hydrogen-bond acceptors (Lipinski definition) is 4. The molecule has 70 valence electrons. The second kappa shape index (κ2) is 4.42. The summed E-state index contributed by atoms with van der Waals surface area (Å²) in [6.07, 6.45) is 0.447. The van der Waals surface area contributed by atoms with E-state index in [0.29, 0.717) is 13.2 Å². The van der Waals surface area contributed by atoms with Crippen LogP contribution in [0.1, 0.15) is 6.42 Å². The van der Waals surface area contributed by atoms with Gasteiger partial charge in [0.2, 0.25) is 0 Å². The van der Waals surface area contributed by atoms with E-state index in [4.69, 9.17) is 9.47 Å². The van der Waals surface area contributed by atoms with Gasteiger partial charge < -0.3 is 14.2 Å². The van der Waals surface area contributed by atoms with E-state index < -0.39 is 6.10 Å². The van der Waals surface area contributed by atoms with E-state index in [9.17, 15) is 4.79 Å². The molecule has 0 bridgehead atoms. The van der Waals surface area contributed by atoms with Crippen molar-refractivity contribution in [3.05, 3.63) is 0 Å². The van der Waals surface area contributed by atoms with Gasteiger partial charge in [0.15, 0.2) is 6.10 Å². The van der Waals surface area contributed by atoms with Gasteiger partial charge >= 0.3 is 5.97 Å². The van der Waals surface area contributed by atoms with Crippen LogP contribution in [0.15, 0.2) is 0 Å². The third-order valence-corrected chi connectivity index (χ3v) is 2.03. The quantitative estimate of drug-likeness (QED) is 0.574. The van der Waals surface area contributed by atoms with Gasteiger partial charge in [-0.1, -0.05) is 0 Å². The van der Waals surface area contributed by atoms with E-state index in [1.165, 1.54) is 7.11 Å². The molecule has 0 N–H and O–H groups in total. The number of carbonyl (C=O) groups is 1. The van der Waals surface area contributed by atoms with E-state index in [-0.39, 0.29) is 11.9 Å². The van der Waals surface area contributed by atoms with Gasteiger partial charge in [0, 0.05) is 19.6 Å². The highest BCUT2D eigenvalue weighted by molar-refractivity contribution is 5.75. The highest BCUT2D eigenvalue weighted by Crippen LogP contribution is 2.21. The number of hydrogen-bond donors (Lipinski definition) is 0. The van der Waals surface area contributed by atoms with Gasteiger partial charge in [-0.3, -0.25) is 0 Å². The van der Waals surface area contributed by atoms with Crippen molar-refractivity contribution in [3.8, 4) is 0 Å². The number of ether oxygens (including phenoxy) is 3. The van der Waals surface area contributed by atoms with Gasteiger partial charge in [-0.05, 0) is 6.42 Å². The maximum absolute atomic E-state index is 11.1. The lowest BCUT2D eigenvalue weighted by atomic mass is 10.0. The molecule has 12 heavy (non-hydrogen) atoms. The first-order valence-electron chi connectivity index (χ1n) is 3.98. The van der Waals surface area contributed by atoms with Crippen molar-refractivity contribution in [2.24, 2.45) is 5.92 Å². The van der Waals surface area contributed by atoms with Crippen LogP contribution in [0.4, 0.5) is 0 Å². The average molecular weight is 174 g/mol. The third-order valence-electron chi connectivity index (χ3n) is 2.03. The Balaban J connectivity index is 2.45. The number of methoxy groups -OCH3 is 2. The molecule has 4 nitrogen and oxygen atoms in total. The molecule has 4 heteroatoms. The molecular formula is C8H14O4. The third kappa shape index (κ3) is 1.95. The number of esters is 1. The molecule has 0 aromatic rings. The standard InChI is InChI=1S/C8H14O4/c1-10-5-6-3-4-12-7(6)8(9)11-2/h6-7H,3-5H2,1-2H3. The van der Waals surface area contributed by atoms with Crippen LogP contribution in [-0.4, -0.2) is 39.5 Å². The Bertz CT molecular complexity index is 157. The van der Waals surface area contributed by atoms with Crippen molar-refractivity contribution in [3.63, 3.8) is 0 Å². The zero-order valence-corrected chi connectivity index (χ0v) is 7.41. The maximum atomic E-state index is 11.1. The monoisotopic (exact) mass is 174 g/mol. The molecule has 1 fully saturated rings. The van der Waals surface area contributed by atoms with Crippen LogP contribution in [0.25, 0.3) is 0 Å². The highest BCUT2D eigenvalue weighted by atomic mass is 16.6. The molecule has 0 radical (unpaired) electrons. The molecule has 1 saturated heterocycles. The minimum Gasteiger partial charge on any atom is -0.467 e. The fourth-order valence-corrected chi connectivity index (χ4v) is 1.40. The fraction of sp³-hybridized carbons (Fsp3) is 0.875. The minimum atomic E-state index is -0.421. The van der Waals surface area contributed by atoms with Gasteiger partial charge in [-0.25, -0.2) is 4.79 Å². The maximum Gasteiger partial charge on any atom is 0.335 e. The largest absolute Gasteiger partial charge is 0.467 e. The summed E-state index contributed by atoms with van der Waals surface area (Å²) in [6, 6.07) is 0. The fourth-order valence-electron chi connectivity index (χ4n) is 1.40. The number of carbonyl (C=O) groups excluding carboxylic acids is 1. The summed E-state index contributed by atoms with van der Waals surface area (Å²) in [5.41, 5.74) is 0. The van der Waals surface area contributed by atoms with Crippen LogP contribution in [0.3, 0.4) is 0 Å². The summed E-state index contributed by atoms with van der Waals surface area (Å²) in [4.78, 5) is 11.1. The molecule has 0 spiro atoms. The SMILES string of the molecule is COCC1CCOC1C(=O)OC. The molecular weight excluding hydrogens is 160 g/mol. The smallest absolute Gasteiger partial charge is 0.335 e. The Morgan fingerprint density at radius 3 is 2.92 bits per heavy atom. The van der Waals surface area contributed by atoms with Crippen LogP contribution in [0.5, 0.6) is 0 Å². The molecule has 1 heterocycles. The van der Waals surface area contributed by atoms with Crippen molar-refractivity contribution in [1.29, 1.82) is 0 Å². The summed E-state index contributed by atoms with van der Waals surface area (Å²) in [7, 11) is 2.99. The normalized spacial score (nSPS) is 28.8. The summed E-state index contributed by atoms with van der Waals surface area (Å²) in [5.74, 6) is -0.142. The van der Waals surface area contributed by atoms with Crippen molar-refractivity contribution in [1.82, 2.24) is 0 Å². The Morgan fingerprint density at radius 1 is 1.58 bits per heavy atom. The van der Waals surface area contributed by atoms with Crippen molar-refractivity contribution >= 4 is 5.97 Å². The summed E-state index contributed by atoms with van der Waals surface area (Å²) < 4.78 is 14.8. The van der Waals surface area contributed by atoms with Gasteiger partial charge in [0.1, 0.15) is 0 Å². The van der Waals surface area contributed by atoms with Gasteiger partial charge in [0.25, 0.3) is 0 Å². The Morgan fingerprint density at radius 2 is 2.33 bits per heavy atom. The zero-order chi connectivity index (χ0) is 8.97. The van der Waals surface area contributed by atoms with Gasteiger partial charge in [0.05, 0.1) is 13.7 Å². The zero-order valence-electron chi connectivity index (χ0n) is 7.41. The molecule has 1 rings (SSSR count). The second-order valence-corrected chi connectivity index (χ2v) is 2.82. The average Bonchev–Trinajstić information content (AvgIpc) is 2.52. The van der Waals surface area contributed by atoms with E-state index in [1.54, 1.807) is 7.11 Å². The summed E-state index contributed by atoms with van der Waals surface area (Å²) >= 11 is 0. The highest BCUT2D eigenvalue weighted by Gasteiger charge is 2.34. The molecule has 0 aliphatic carbocycles. The first kappa shape index (κ1) is 9.48. The van der Waals surface area contributed by atoms with Crippen molar-refractivity contribution < 1.29 is 19.0 Å². The predicted octanol–water partition coefficient (Wildman–Crippen LogP) is 0.211. The van der Waals surface area contributed by atoms with Crippen LogP contribution in [-0.2, 0) is 19.0 Å². The van der Waals surface area contributed by atoms with E-state index in [1.807, 2.05) is 0 Å². The van der Waals surface area contributed by atoms with Crippen molar-refractivity contribution in [2.75, 3.05) is 27.4 Å². The molecule has 0 aromatic heterocycles. The van der Waals surface area contributed by atoms with Crippen LogP contribution in [0.2, 0.25) is 0 Å². The Kier molecular flexibility index (Phi) is 3.49. The Hall–Kier alpha value is -0.610. The lowest BCUT2D eigenvalue weighted by Gasteiger charge is -2.14. The molecule has 0 amide bonds. The lowest BCUT2D eigenvalue weighted by Crippen LogP contribution is -2.30. The van der Waals surface area contributed by atoms with Crippen LogP contribution in [0, 0.1) is 5.92 Å². The topological polar surface area (TPSA) is 44.8 Å². The number of rotatable bonds is 3. The molecule has 2 atom stereocenters. The molecule has 0 aromatic carbocycles. The first-order chi connectivity index (χ1) is 5.79. The second-order valence-electron chi connectivity index (χ2n) is 2.82. The molecule has 1 aliphatic heterocycles. The van der Waals surface area contributed by atoms with E-state index in [0.717, 1.165) is 6.42 Å². The van der Waals surface area contributed by atoms with Crippen LogP contribution < -0.4 is 0 Å². The molecule has 0 saturated carbocycles. The van der Waals surface area contributed by atoms with Crippen LogP contribution >= 0.6 is 0 Å². The first-order valence-corrected chi connectivity index (χ1v) is 3.98. The van der Waals surface area contributed by atoms with E-state index >= 15 is 0 Å². The molecule has 2 unspecified atom stereocenters. The Labute approximate surface area is 71.8 Å².